The van der Waals surface area contributed by atoms with Gasteiger partial charge in [0.1, 0.15) is 11.1 Å². The first-order valence-corrected chi connectivity index (χ1v) is 7.18. The molecule has 0 atom stereocenters. The van der Waals surface area contributed by atoms with E-state index < -0.39 is 5.97 Å². The van der Waals surface area contributed by atoms with Crippen LogP contribution in [0.2, 0.25) is 0 Å². The van der Waals surface area contributed by atoms with Gasteiger partial charge in [0.15, 0.2) is 0 Å². The Labute approximate surface area is 118 Å². The Balaban J connectivity index is 3.09. The highest BCUT2D eigenvalue weighted by molar-refractivity contribution is 7.14. The average molecular weight is 280 g/mol. The molecule has 0 aliphatic heterocycles. The molecule has 1 N–H and O–H groups in total. The van der Waals surface area contributed by atoms with Crippen LogP contribution in [0, 0.1) is 11.3 Å². The Morgan fingerprint density at radius 1 is 1.53 bits per heavy atom. The number of carbonyl (C=O) groups is 1. The third-order valence-corrected chi connectivity index (χ3v) is 4.00. The van der Waals surface area contributed by atoms with Crippen LogP contribution in [0.15, 0.2) is 5.38 Å². The molecule has 1 aromatic rings. The van der Waals surface area contributed by atoms with E-state index >= 15 is 0 Å². The largest absolute Gasteiger partial charge is 0.481 e. The lowest BCUT2D eigenvalue weighted by Crippen LogP contribution is -2.26. The summed E-state index contributed by atoms with van der Waals surface area (Å²) in [5, 5.41) is 21.1. The molecule has 0 spiro atoms. The minimum absolute atomic E-state index is 0.0774. The predicted octanol–water partition coefficient (Wildman–Crippen LogP) is 3.22. The number of aliphatic carboxylic acids is 1. The number of thiophene rings is 1. The Kier molecular flexibility index (Phi) is 4.96. The molecular formula is C14H20N2O2S. The fraction of sp³-hybridized carbons (Fsp3) is 0.571. The van der Waals surface area contributed by atoms with Gasteiger partial charge in [-0.15, -0.1) is 11.3 Å². The number of rotatable bonds is 5. The molecule has 0 saturated heterocycles. The molecule has 0 unspecified atom stereocenters. The summed E-state index contributed by atoms with van der Waals surface area (Å²) >= 11 is 1.52. The summed E-state index contributed by atoms with van der Waals surface area (Å²) < 4.78 is 0. The Hall–Kier alpha value is -1.54. The van der Waals surface area contributed by atoms with E-state index in [4.69, 9.17) is 5.11 Å². The van der Waals surface area contributed by atoms with Gasteiger partial charge in [-0.2, -0.15) is 5.26 Å². The number of carboxylic acid groups (broad SMARTS) is 1. The van der Waals surface area contributed by atoms with E-state index in [1.165, 1.54) is 11.3 Å². The van der Waals surface area contributed by atoms with Gasteiger partial charge in [-0.1, -0.05) is 20.8 Å². The fourth-order valence-electron chi connectivity index (χ4n) is 1.87. The molecule has 1 heterocycles. The predicted molar refractivity (Wildman–Crippen MR) is 77.9 cm³/mol. The molecule has 0 bridgehead atoms. The zero-order valence-electron chi connectivity index (χ0n) is 11.9. The quantitative estimate of drug-likeness (QED) is 0.899. The van der Waals surface area contributed by atoms with Gasteiger partial charge in [0.25, 0.3) is 0 Å². The lowest BCUT2D eigenvalue weighted by Gasteiger charge is -2.22. The van der Waals surface area contributed by atoms with Gasteiger partial charge in [0.2, 0.25) is 0 Å². The highest BCUT2D eigenvalue weighted by Crippen LogP contribution is 2.37. The van der Waals surface area contributed by atoms with Crippen LogP contribution < -0.4 is 4.90 Å². The third kappa shape index (κ3) is 3.71. The summed E-state index contributed by atoms with van der Waals surface area (Å²) in [6.45, 7) is 9.34. The first-order valence-electron chi connectivity index (χ1n) is 6.30. The summed E-state index contributed by atoms with van der Waals surface area (Å²) in [4.78, 5) is 12.6. The number of nitrogens with zero attached hydrogens (tertiary/aromatic N) is 2. The minimum atomic E-state index is -0.815. The van der Waals surface area contributed by atoms with Crippen molar-refractivity contribution in [3.8, 4) is 6.07 Å². The highest BCUT2D eigenvalue weighted by atomic mass is 32.1. The van der Waals surface area contributed by atoms with E-state index in [-0.39, 0.29) is 11.8 Å². The van der Waals surface area contributed by atoms with E-state index in [0.717, 1.165) is 10.6 Å². The Morgan fingerprint density at radius 2 is 2.16 bits per heavy atom. The van der Waals surface area contributed by atoms with Crippen LogP contribution in [0.4, 0.5) is 5.00 Å². The summed E-state index contributed by atoms with van der Waals surface area (Å²) in [6.07, 6.45) is 0.0848. The van der Waals surface area contributed by atoms with Crippen molar-refractivity contribution in [2.45, 2.75) is 39.5 Å². The van der Waals surface area contributed by atoms with Crippen LogP contribution in [-0.4, -0.2) is 24.2 Å². The van der Waals surface area contributed by atoms with Crippen molar-refractivity contribution in [1.29, 1.82) is 5.26 Å². The lowest BCUT2D eigenvalue weighted by atomic mass is 9.86. The van der Waals surface area contributed by atoms with E-state index in [2.05, 4.69) is 26.8 Å². The van der Waals surface area contributed by atoms with Crippen LogP contribution in [0.25, 0.3) is 0 Å². The first-order chi connectivity index (χ1) is 8.81. The molecule has 0 amide bonds. The summed E-state index contributed by atoms with van der Waals surface area (Å²) in [5.41, 5.74) is 1.64. The maximum atomic E-state index is 10.7. The highest BCUT2D eigenvalue weighted by Gasteiger charge is 2.24. The topological polar surface area (TPSA) is 64.3 Å². The van der Waals surface area contributed by atoms with Gasteiger partial charge in [0.05, 0.1) is 12.0 Å². The monoisotopic (exact) mass is 280 g/mol. The van der Waals surface area contributed by atoms with Crippen LogP contribution >= 0.6 is 11.3 Å². The Morgan fingerprint density at radius 3 is 2.58 bits per heavy atom. The molecule has 5 heteroatoms. The number of hydrogen-bond donors (Lipinski definition) is 1. The molecule has 104 valence electrons. The van der Waals surface area contributed by atoms with Crippen molar-refractivity contribution in [2.75, 3.05) is 18.0 Å². The number of carboxylic acids is 1. The molecule has 1 rings (SSSR count). The van der Waals surface area contributed by atoms with Gasteiger partial charge in [-0.05, 0) is 23.3 Å². The molecule has 0 aromatic carbocycles. The van der Waals surface area contributed by atoms with Crippen LogP contribution in [0.5, 0.6) is 0 Å². The maximum absolute atomic E-state index is 10.7. The smallest absolute Gasteiger partial charge is 0.305 e. The second-order valence-corrected chi connectivity index (χ2v) is 6.27. The molecule has 0 radical (unpaired) electrons. The fourth-order valence-corrected chi connectivity index (χ4v) is 3.22. The van der Waals surface area contributed by atoms with E-state index in [1.54, 1.807) is 0 Å². The molecule has 0 aliphatic carbocycles. The van der Waals surface area contributed by atoms with Gasteiger partial charge in [-0.25, -0.2) is 0 Å². The average Bonchev–Trinajstić information content (AvgIpc) is 2.73. The third-order valence-electron chi connectivity index (χ3n) is 2.96. The standard InChI is InChI=1S/C14H20N2O2S/c1-5-16(7-6-12(17)18)13-10(8-15)11(9-19-13)14(2,3)4/h9H,5-7H2,1-4H3,(H,17,18). The second kappa shape index (κ2) is 6.07. The summed E-state index contributed by atoms with van der Waals surface area (Å²) in [7, 11) is 0. The van der Waals surface area contributed by atoms with Crippen LogP contribution in [0.3, 0.4) is 0 Å². The minimum Gasteiger partial charge on any atom is -0.481 e. The van der Waals surface area contributed by atoms with Crippen molar-refractivity contribution in [3.63, 3.8) is 0 Å². The van der Waals surface area contributed by atoms with Crippen molar-refractivity contribution in [1.82, 2.24) is 0 Å². The molecule has 0 fully saturated rings. The number of anilines is 1. The Bertz CT molecular complexity index is 495. The van der Waals surface area contributed by atoms with Gasteiger partial charge >= 0.3 is 5.97 Å². The van der Waals surface area contributed by atoms with Gasteiger partial charge < -0.3 is 10.0 Å². The molecule has 19 heavy (non-hydrogen) atoms. The van der Waals surface area contributed by atoms with Crippen molar-refractivity contribution in [3.05, 3.63) is 16.5 Å². The lowest BCUT2D eigenvalue weighted by molar-refractivity contribution is -0.136. The van der Waals surface area contributed by atoms with Crippen LogP contribution in [0.1, 0.15) is 45.2 Å². The molecule has 0 saturated carbocycles. The molecular weight excluding hydrogens is 260 g/mol. The first kappa shape index (κ1) is 15.5. The molecule has 4 nitrogen and oxygen atoms in total. The molecule has 1 aromatic heterocycles. The van der Waals surface area contributed by atoms with E-state index in [0.29, 0.717) is 18.7 Å². The van der Waals surface area contributed by atoms with Crippen LogP contribution in [-0.2, 0) is 10.2 Å². The second-order valence-electron chi connectivity index (χ2n) is 5.41. The zero-order valence-corrected chi connectivity index (χ0v) is 12.7. The summed E-state index contributed by atoms with van der Waals surface area (Å²) in [5.74, 6) is -0.815. The van der Waals surface area contributed by atoms with Crippen molar-refractivity contribution in [2.24, 2.45) is 0 Å². The number of nitriles is 1. The number of hydrogen-bond acceptors (Lipinski definition) is 4. The summed E-state index contributed by atoms with van der Waals surface area (Å²) in [6, 6.07) is 2.27. The van der Waals surface area contributed by atoms with E-state index in [1.807, 2.05) is 17.2 Å². The van der Waals surface area contributed by atoms with Crippen molar-refractivity contribution >= 4 is 22.3 Å². The van der Waals surface area contributed by atoms with Gasteiger partial charge in [-0.3, -0.25) is 4.79 Å². The van der Waals surface area contributed by atoms with Crippen molar-refractivity contribution < 1.29 is 9.90 Å². The normalized spacial score (nSPS) is 11.1. The SMILES string of the molecule is CCN(CCC(=O)O)c1scc(C(C)(C)C)c1C#N. The van der Waals surface area contributed by atoms with Gasteiger partial charge in [0, 0.05) is 13.1 Å². The van der Waals surface area contributed by atoms with E-state index in [9.17, 15) is 10.1 Å². The zero-order chi connectivity index (χ0) is 14.6. The maximum Gasteiger partial charge on any atom is 0.305 e. The molecule has 0 aliphatic rings.